The minimum atomic E-state index is -0.420. The van der Waals surface area contributed by atoms with E-state index in [0.29, 0.717) is 23.2 Å². The number of anilines is 1. The zero-order valence-corrected chi connectivity index (χ0v) is 13.7. The smallest absolute Gasteiger partial charge is 0.354 e. The molecule has 3 rings (SSSR count). The molecule has 0 aromatic carbocycles. The van der Waals surface area contributed by atoms with Crippen molar-refractivity contribution in [3.8, 4) is 11.3 Å². The Morgan fingerprint density at radius 1 is 1.43 bits per heavy atom. The highest BCUT2D eigenvalue weighted by Crippen LogP contribution is 2.29. The molecule has 1 aliphatic rings. The van der Waals surface area contributed by atoms with Crippen molar-refractivity contribution in [2.75, 3.05) is 12.4 Å². The number of ether oxygens (including phenoxy) is 1. The van der Waals surface area contributed by atoms with Crippen molar-refractivity contribution < 1.29 is 14.3 Å². The fourth-order valence-corrected chi connectivity index (χ4v) is 3.62. The molecule has 0 radical (unpaired) electrons. The number of amides is 1. The van der Waals surface area contributed by atoms with Crippen molar-refractivity contribution in [1.29, 1.82) is 0 Å². The van der Waals surface area contributed by atoms with Gasteiger partial charge in [-0.1, -0.05) is 12.8 Å². The van der Waals surface area contributed by atoms with Crippen LogP contribution in [0.4, 0.5) is 5.13 Å². The monoisotopic (exact) mass is 333 g/mol. The lowest BCUT2D eigenvalue weighted by Gasteiger charge is -2.07. The number of nitrogens with one attached hydrogen (secondary N) is 2. The van der Waals surface area contributed by atoms with Crippen molar-refractivity contribution >= 4 is 28.3 Å². The van der Waals surface area contributed by atoms with E-state index in [2.05, 4.69) is 20.0 Å². The molecule has 23 heavy (non-hydrogen) atoms. The summed E-state index contributed by atoms with van der Waals surface area (Å²) in [6, 6.07) is 1.69. The van der Waals surface area contributed by atoms with Gasteiger partial charge in [-0.2, -0.15) is 0 Å². The predicted molar refractivity (Wildman–Crippen MR) is 88.4 cm³/mol. The van der Waals surface area contributed by atoms with Gasteiger partial charge in [0.15, 0.2) is 5.13 Å². The second kappa shape index (κ2) is 6.95. The largest absolute Gasteiger partial charge is 0.464 e. The maximum absolute atomic E-state index is 12.0. The van der Waals surface area contributed by atoms with Gasteiger partial charge in [-0.05, 0) is 24.8 Å². The molecule has 1 aliphatic carbocycles. The summed E-state index contributed by atoms with van der Waals surface area (Å²) in [4.78, 5) is 30.7. The molecule has 1 fully saturated rings. The standard InChI is InChI=1S/C16H19N3O3S/c1-22-15(21)12-7-11(8-17-12)13-9-23-16(18-13)19-14(20)6-10-4-2-3-5-10/h7-10,17H,2-6H2,1H3,(H,18,19,20). The second-order valence-corrected chi connectivity index (χ2v) is 6.59. The molecule has 6 nitrogen and oxygen atoms in total. The van der Waals surface area contributed by atoms with Crippen LogP contribution in [0.25, 0.3) is 11.3 Å². The van der Waals surface area contributed by atoms with E-state index in [1.165, 1.54) is 31.3 Å². The van der Waals surface area contributed by atoms with Gasteiger partial charge in [-0.25, -0.2) is 9.78 Å². The van der Waals surface area contributed by atoms with Crippen LogP contribution in [0, 0.1) is 5.92 Å². The maximum Gasteiger partial charge on any atom is 0.354 e. The van der Waals surface area contributed by atoms with Crippen molar-refractivity contribution in [3.05, 3.63) is 23.3 Å². The molecule has 2 aromatic heterocycles. The summed E-state index contributed by atoms with van der Waals surface area (Å²) >= 11 is 1.38. The fraction of sp³-hybridized carbons (Fsp3) is 0.438. The molecule has 0 aliphatic heterocycles. The van der Waals surface area contributed by atoms with Gasteiger partial charge >= 0.3 is 5.97 Å². The van der Waals surface area contributed by atoms with Crippen LogP contribution in [0.5, 0.6) is 0 Å². The van der Waals surface area contributed by atoms with E-state index in [0.717, 1.165) is 24.1 Å². The van der Waals surface area contributed by atoms with Crippen LogP contribution in [-0.4, -0.2) is 29.0 Å². The highest BCUT2D eigenvalue weighted by molar-refractivity contribution is 7.14. The van der Waals surface area contributed by atoms with Crippen LogP contribution in [0.2, 0.25) is 0 Å². The molecule has 2 heterocycles. The zero-order valence-electron chi connectivity index (χ0n) is 12.9. The summed E-state index contributed by atoms with van der Waals surface area (Å²) in [6.45, 7) is 0. The Hall–Kier alpha value is -2.15. The number of carbonyl (C=O) groups is 2. The normalized spacial score (nSPS) is 14.8. The summed E-state index contributed by atoms with van der Waals surface area (Å²) in [5.41, 5.74) is 1.89. The topological polar surface area (TPSA) is 84.1 Å². The van der Waals surface area contributed by atoms with Crippen LogP contribution < -0.4 is 5.32 Å². The van der Waals surface area contributed by atoms with Gasteiger partial charge in [-0.15, -0.1) is 11.3 Å². The maximum atomic E-state index is 12.0. The quantitative estimate of drug-likeness (QED) is 0.821. The van der Waals surface area contributed by atoms with Gasteiger partial charge in [-0.3, -0.25) is 4.79 Å². The number of thiazole rings is 1. The van der Waals surface area contributed by atoms with Crippen LogP contribution >= 0.6 is 11.3 Å². The number of carbonyl (C=O) groups excluding carboxylic acids is 2. The van der Waals surface area contributed by atoms with Crippen LogP contribution in [0.3, 0.4) is 0 Å². The van der Waals surface area contributed by atoms with Crippen LogP contribution in [0.1, 0.15) is 42.6 Å². The van der Waals surface area contributed by atoms with Crippen LogP contribution in [0.15, 0.2) is 17.6 Å². The third kappa shape index (κ3) is 3.79. The summed E-state index contributed by atoms with van der Waals surface area (Å²) in [5.74, 6) is 0.125. The van der Waals surface area contributed by atoms with E-state index in [4.69, 9.17) is 0 Å². The van der Waals surface area contributed by atoms with Crippen molar-refractivity contribution in [3.63, 3.8) is 0 Å². The number of rotatable bonds is 5. The van der Waals surface area contributed by atoms with Gasteiger partial charge in [0.2, 0.25) is 5.91 Å². The molecule has 0 saturated heterocycles. The van der Waals surface area contributed by atoms with Gasteiger partial charge in [0.25, 0.3) is 0 Å². The van der Waals surface area contributed by atoms with Gasteiger partial charge in [0, 0.05) is 23.6 Å². The third-order valence-electron chi connectivity index (χ3n) is 4.08. The molecule has 0 spiro atoms. The van der Waals surface area contributed by atoms with E-state index in [-0.39, 0.29) is 5.91 Å². The van der Waals surface area contributed by atoms with Crippen LogP contribution in [-0.2, 0) is 9.53 Å². The first-order valence-corrected chi connectivity index (χ1v) is 8.56. The molecule has 2 N–H and O–H groups in total. The minimum absolute atomic E-state index is 0.0297. The van der Waals surface area contributed by atoms with Crippen molar-refractivity contribution in [1.82, 2.24) is 9.97 Å². The number of hydrogen-bond donors (Lipinski definition) is 2. The number of aromatic nitrogens is 2. The first-order valence-electron chi connectivity index (χ1n) is 7.68. The van der Waals surface area contributed by atoms with E-state index in [1.807, 2.05) is 5.38 Å². The third-order valence-corrected chi connectivity index (χ3v) is 4.84. The molecule has 2 aromatic rings. The minimum Gasteiger partial charge on any atom is -0.464 e. The Kier molecular flexibility index (Phi) is 4.76. The highest BCUT2D eigenvalue weighted by Gasteiger charge is 2.19. The summed E-state index contributed by atoms with van der Waals surface area (Å²) in [6.07, 6.45) is 7.04. The Morgan fingerprint density at radius 3 is 2.96 bits per heavy atom. The summed E-state index contributed by atoms with van der Waals surface area (Å²) < 4.78 is 4.66. The average molecular weight is 333 g/mol. The van der Waals surface area contributed by atoms with E-state index in [9.17, 15) is 9.59 Å². The molecule has 0 bridgehead atoms. The Bertz CT molecular complexity index is 701. The number of nitrogens with zero attached hydrogens (tertiary/aromatic N) is 1. The number of H-pyrrole nitrogens is 1. The molecule has 0 unspecified atom stereocenters. The van der Waals surface area contributed by atoms with E-state index in [1.54, 1.807) is 12.3 Å². The Morgan fingerprint density at radius 2 is 2.22 bits per heavy atom. The number of methoxy groups -OCH3 is 1. The Labute approximate surface area is 138 Å². The molecule has 1 amide bonds. The summed E-state index contributed by atoms with van der Waals surface area (Å²) in [5, 5.41) is 5.31. The lowest BCUT2D eigenvalue weighted by molar-refractivity contribution is -0.117. The fourth-order valence-electron chi connectivity index (χ4n) is 2.88. The highest BCUT2D eigenvalue weighted by atomic mass is 32.1. The first-order chi connectivity index (χ1) is 11.2. The van der Waals surface area contributed by atoms with E-state index >= 15 is 0 Å². The molecule has 122 valence electrons. The van der Waals surface area contributed by atoms with Crippen molar-refractivity contribution in [2.24, 2.45) is 5.92 Å². The molecule has 7 heteroatoms. The molecular weight excluding hydrogens is 314 g/mol. The zero-order chi connectivity index (χ0) is 16.2. The average Bonchev–Trinajstić information content (AvgIpc) is 3.26. The Balaban J connectivity index is 1.62. The predicted octanol–water partition coefficient (Wildman–Crippen LogP) is 3.44. The van der Waals surface area contributed by atoms with Gasteiger partial charge < -0.3 is 15.0 Å². The molecule has 0 atom stereocenters. The lowest BCUT2D eigenvalue weighted by atomic mass is 10.0. The molecule has 1 saturated carbocycles. The first kappa shape index (κ1) is 15.7. The van der Waals surface area contributed by atoms with Crippen molar-refractivity contribution in [2.45, 2.75) is 32.1 Å². The van der Waals surface area contributed by atoms with E-state index < -0.39 is 5.97 Å². The summed E-state index contributed by atoms with van der Waals surface area (Å²) in [7, 11) is 1.34. The van der Waals surface area contributed by atoms with Gasteiger partial charge in [0.05, 0.1) is 12.8 Å². The number of esters is 1. The molecular formula is C16H19N3O3S. The van der Waals surface area contributed by atoms with Gasteiger partial charge in [0.1, 0.15) is 5.69 Å². The second-order valence-electron chi connectivity index (χ2n) is 5.73. The SMILES string of the molecule is COC(=O)c1cc(-c2csc(NC(=O)CC3CCCC3)n2)c[nH]1. The number of aromatic amines is 1. The number of hydrogen-bond acceptors (Lipinski definition) is 5. The lowest BCUT2D eigenvalue weighted by Crippen LogP contribution is -2.14.